The number of benzene rings is 2. The summed E-state index contributed by atoms with van der Waals surface area (Å²) in [5.41, 5.74) is 8.87. The molecule has 0 amide bonds. The van der Waals surface area contributed by atoms with Crippen LogP contribution in [0.15, 0.2) is 47.4 Å². The van der Waals surface area contributed by atoms with Crippen LogP contribution in [0.2, 0.25) is 0 Å². The third kappa shape index (κ3) is 2.62. The number of hydrogen-bond donors (Lipinski definition) is 4. The van der Waals surface area contributed by atoms with E-state index < -0.39 is 10.0 Å². The summed E-state index contributed by atoms with van der Waals surface area (Å²) in [6.45, 7) is 0. The normalized spacial score (nSPS) is 11.9. The minimum Gasteiger partial charge on any atom is -0.399 e. The molecule has 0 aliphatic rings. The molecule has 2 aromatic heterocycles. The number of nitrogen functional groups attached to an aromatic ring is 1. The second-order valence-electron chi connectivity index (χ2n) is 5.49. The molecule has 0 bridgehead atoms. The topological polar surface area (TPSA) is 156 Å². The lowest BCUT2D eigenvalue weighted by Gasteiger charge is -2.09. The molecule has 2 aromatic carbocycles. The van der Waals surface area contributed by atoms with E-state index in [1.54, 1.807) is 18.2 Å². The number of sulfonamides is 1. The summed E-state index contributed by atoms with van der Waals surface area (Å²) < 4.78 is 24.0. The number of H-pyrrole nitrogens is 2. The fourth-order valence-electron chi connectivity index (χ4n) is 2.79. The molecule has 0 unspecified atom stereocenters. The number of anilines is 1. The molecule has 25 heavy (non-hydrogen) atoms. The summed E-state index contributed by atoms with van der Waals surface area (Å²) in [7, 11) is -3.98. The Morgan fingerprint density at radius 2 is 1.92 bits per heavy atom. The number of aromatic amines is 2. The van der Waals surface area contributed by atoms with Gasteiger partial charge in [-0.2, -0.15) is 5.21 Å². The quantitative estimate of drug-likeness (QED) is 0.405. The first-order chi connectivity index (χ1) is 11.9. The van der Waals surface area contributed by atoms with E-state index in [-0.39, 0.29) is 16.3 Å². The second-order valence-corrected chi connectivity index (χ2v) is 7.02. The number of fused-ring (bicyclic) bond motifs is 1. The fourth-order valence-corrected chi connectivity index (χ4v) is 3.54. The standard InChI is InChI=1S/C15H13N7O2S/c16-9-4-5-11-8(6-9)7-12(18-11)10-2-1-3-13(25(17,23)24)14(10)15-19-21-22-20-15/h1-7,18H,16H2,(H2,17,23,24)(H,19,20,21,22). The van der Waals surface area contributed by atoms with Crippen LogP contribution in [0.5, 0.6) is 0 Å². The fraction of sp³-hybridized carbons (Fsp3) is 0. The first kappa shape index (κ1) is 15.3. The van der Waals surface area contributed by atoms with E-state index in [4.69, 9.17) is 10.9 Å². The maximum atomic E-state index is 12.0. The van der Waals surface area contributed by atoms with Crippen molar-refractivity contribution in [1.82, 2.24) is 25.6 Å². The molecule has 6 N–H and O–H groups in total. The van der Waals surface area contributed by atoms with Crippen molar-refractivity contribution >= 4 is 26.6 Å². The molecule has 0 aliphatic carbocycles. The van der Waals surface area contributed by atoms with Gasteiger partial charge >= 0.3 is 0 Å². The van der Waals surface area contributed by atoms with Gasteiger partial charge in [0.2, 0.25) is 15.8 Å². The number of nitrogens with one attached hydrogen (secondary N) is 2. The minimum absolute atomic E-state index is 0.0791. The summed E-state index contributed by atoms with van der Waals surface area (Å²) in [5.74, 6) is 0.137. The van der Waals surface area contributed by atoms with Crippen molar-refractivity contribution in [2.24, 2.45) is 5.14 Å². The molecule has 0 atom stereocenters. The highest BCUT2D eigenvalue weighted by molar-refractivity contribution is 7.89. The Bertz CT molecular complexity index is 1180. The SMILES string of the molecule is Nc1ccc2[nH]c(-c3cccc(S(N)(=O)=O)c3-c3nn[nH]n3)cc2c1. The zero-order chi connectivity index (χ0) is 17.6. The van der Waals surface area contributed by atoms with Crippen LogP contribution in [0.3, 0.4) is 0 Å². The first-order valence-corrected chi connectivity index (χ1v) is 8.76. The van der Waals surface area contributed by atoms with Crippen LogP contribution in [0.25, 0.3) is 33.5 Å². The third-order valence-corrected chi connectivity index (χ3v) is 4.79. The summed E-state index contributed by atoms with van der Waals surface area (Å²) in [6.07, 6.45) is 0. The van der Waals surface area contributed by atoms with Crippen molar-refractivity contribution < 1.29 is 8.42 Å². The van der Waals surface area contributed by atoms with E-state index in [9.17, 15) is 8.42 Å². The highest BCUT2D eigenvalue weighted by Crippen LogP contribution is 2.35. The Kier molecular flexibility index (Phi) is 3.30. The van der Waals surface area contributed by atoms with Crippen LogP contribution in [0.1, 0.15) is 0 Å². The summed E-state index contributed by atoms with van der Waals surface area (Å²) in [5, 5.41) is 19.9. The Labute approximate surface area is 142 Å². The van der Waals surface area contributed by atoms with Crippen molar-refractivity contribution in [1.29, 1.82) is 0 Å². The minimum atomic E-state index is -3.98. The van der Waals surface area contributed by atoms with E-state index in [2.05, 4.69) is 25.6 Å². The van der Waals surface area contributed by atoms with E-state index in [1.165, 1.54) is 6.07 Å². The largest absolute Gasteiger partial charge is 0.399 e. The Morgan fingerprint density at radius 3 is 2.64 bits per heavy atom. The third-order valence-electron chi connectivity index (χ3n) is 3.84. The number of nitrogens with zero attached hydrogens (tertiary/aromatic N) is 3. The molecule has 4 aromatic rings. The highest BCUT2D eigenvalue weighted by atomic mass is 32.2. The number of aromatic nitrogens is 5. The zero-order valence-corrected chi connectivity index (χ0v) is 13.6. The molecule has 0 spiro atoms. The molecule has 0 radical (unpaired) electrons. The van der Waals surface area contributed by atoms with Crippen LogP contribution < -0.4 is 10.9 Å². The maximum absolute atomic E-state index is 12.0. The molecular formula is C15H13N7O2S. The van der Waals surface area contributed by atoms with E-state index in [1.807, 2.05) is 18.2 Å². The van der Waals surface area contributed by atoms with Gasteiger partial charge in [0.1, 0.15) is 0 Å². The van der Waals surface area contributed by atoms with Gasteiger partial charge < -0.3 is 10.7 Å². The van der Waals surface area contributed by atoms with Crippen molar-refractivity contribution in [2.75, 3.05) is 5.73 Å². The van der Waals surface area contributed by atoms with Crippen LogP contribution in [0, 0.1) is 0 Å². The predicted molar refractivity (Wildman–Crippen MR) is 92.7 cm³/mol. The van der Waals surface area contributed by atoms with Gasteiger partial charge in [0.15, 0.2) is 0 Å². The van der Waals surface area contributed by atoms with Crippen molar-refractivity contribution in [3.63, 3.8) is 0 Å². The van der Waals surface area contributed by atoms with Crippen LogP contribution in [0.4, 0.5) is 5.69 Å². The Morgan fingerprint density at radius 1 is 1.08 bits per heavy atom. The molecule has 126 valence electrons. The van der Waals surface area contributed by atoms with Crippen LogP contribution >= 0.6 is 0 Å². The monoisotopic (exact) mass is 355 g/mol. The van der Waals surface area contributed by atoms with Gasteiger partial charge in [-0.25, -0.2) is 13.6 Å². The van der Waals surface area contributed by atoms with Crippen LogP contribution in [-0.4, -0.2) is 34.0 Å². The number of tetrazole rings is 1. The van der Waals surface area contributed by atoms with E-state index in [0.717, 1.165) is 10.9 Å². The Hall–Kier alpha value is -3.24. The molecule has 0 saturated heterocycles. The molecule has 0 aliphatic heterocycles. The lowest BCUT2D eigenvalue weighted by molar-refractivity contribution is 0.598. The second kappa shape index (κ2) is 5.40. The first-order valence-electron chi connectivity index (χ1n) is 7.22. The van der Waals surface area contributed by atoms with Crippen molar-refractivity contribution in [2.45, 2.75) is 4.90 Å². The van der Waals surface area contributed by atoms with Gasteiger partial charge in [-0.05, 0) is 35.5 Å². The van der Waals surface area contributed by atoms with Crippen LogP contribution in [-0.2, 0) is 10.0 Å². The number of nitrogens with two attached hydrogens (primary N) is 2. The average Bonchev–Trinajstić information content (AvgIpc) is 3.22. The summed E-state index contributed by atoms with van der Waals surface area (Å²) in [6, 6.07) is 12.1. The molecular weight excluding hydrogens is 342 g/mol. The van der Waals surface area contributed by atoms with Gasteiger partial charge in [0.05, 0.1) is 10.5 Å². The lowest BCUT2D eigenvalue weighted by Crippen LogP contribution is -2.14. The van der Waals surface area contributed by atoms with Crippen molar-refractivity contribution in [3.05, 3.63) is 42.5 Å². The number of primary sulfonamides is 1. The zero-order valence-electron chi connectivity index (χ0n) is 12.8. The number of rotatable bonds is 3. The van der Waals surface area contributed by atoms with Gasteiger partial charge in [-0.15, -0.1) is 10.2 Å². The summed E-state index contributed by atoms with van der Waals surface area (Å²) in [4.78, 5) is 3.16. The molecule has 9 nitrogen and oxygen atoms in total. The van der Waals surface area contributed by atoms with Gasteiger partial charge in [-0.1, -0.05) is 12.1 Å². The molecule has 2 heterocycles. The van der Waals surface area contributed by atoms with Gasteiger partial charge in [-0.3, -0.25) is 0 Å². The highest BCUT2D eigenvalue weighted by Gasteiger charge is 2.23. The smallest absolute Gasteiger partial charge is 0.238 e. The maximum Gasteiger partial charge on any atom is 0.238 e. The lowest BCUT2D eigenvalue weighted by atomic mass is 10.0. The Balaban J connectivity index is 2.04. The average molecular weight is 355 g/mol. The summed E-state index contributed by atoms with van der Waals surface area (Å²) >= 11 is 0. The van der Waals surface area contributed by atoms with E-state index >= 15 is 0 Å². The molecule has 4 rings (SSSR count). The molecule has 0 fully saturated rings. The predicted octanol–water partition coefficient (Wildman–Crippen LogP) is 1.24. The van der Waals surface area contributed by atoms with E-state index in [0.29, 0.717) is 16.9 Å². The van der Waals surface area contributed by atoms with Crippen molar-refractivity contribution in [3.8, 4) is 22.6 Å². The molecule has 10 heteroatoms. The molecule has 0 saturated carbocycles. The van der Waals surface area contributed by atoms with Gasteiger partial charge in [0, 0.05) is 27.8 Å². The van der Waals surface area contributed by atoms with Gasteiger partial charge in [0.25, 0.3) is 0 Å². The number of hydrogen-bond acceptors (Lipinski definition) is 6.